The summed E-state index contributed by atoms with van der Waals surface area (Å²) in [5, 5.41) is 2.84. The quantitative estimate of drug-likeness (QED) is 0.514. The summed E-state index contributed by atoms with van der Waals surface area (Å²) >= 11 is 0. The molecule has 1 amide bonds. The van der Waals surface area contributed by atoms with Gasteiger partial charge in [-0.25, -0.2) is 9.78 Å². The number of nitrogens with one attached hydrogen (secondary N) is 1. The fraction of sp³-hybridized carbons (Fsp3) is 0.0455. The molecule has 5 aromatic rings. The van der Waals surface area contributed by atoms with E-state index >= 15 is 0 Å². The molecule has 7 heteroatoms. The van der Waals surface area contributed by atoms with Gasteiger partial charge in [0.15, 0.2) is 5.58 Å². The van der Waals surface area contributed by atoms with E-state index in [0.29, 0.717) is 16.8 Å². The average molecular weight is 384 g/mol. The molecular formula is C22H16N4O3. The van der Waals surface area contributed by atoms with Crippen LogP contribution in [0.25, 0.3) is 28.0 Å². The first kappa shape index (κ1) is 17.0. The Morgan fingerprint density at radius 2 is 1.90 bits per heavy atom. The lowest BCUT2D eigenvalue weighted by Gasteiger charge is -2.07. The Kier molecular flexibility index (Phi) is 3.98. The lowest BCUT2D eigenvalue weighted by Crippen LogP contribution is -2.24. The smallest absolute Gasteiger partial charge is 0.408 e. The van der Waals surface area contributed by atoms with Gasteiger partial charge in [0.1, 0.15) is 12.2 Å². The van der Waals surface area contributed by atoms with Gasteiger partial charge in [-0.2, -0.15) is 0 Å². The molecule has 2 aromatic carbocycles. The van der Waals surface area contributed by atoms with Crippen molar-refractivity contribution in [1.29, 1.82) is 0 Å². The SMILES string of the molecule is O=C(Cn1c(=O)oc2ccccc21)Nc1cccc(-c2cn3ccccc3n2)c1. The Hall–Kier alpha value is -4.13. The van der Waals surface area contributed by atoms with Crippen LogP contribution in [0.3, 0.4) is 0 Å². The summed E-state index contributed by atoms with van der Waals surface area (Å²) in [5.74, 6) is -0.870. The van der Waals surface area contributed by atoms with Crippen LogP contribution in [-0.4, -0.2) is 19.9 Å². The molecule has 5 rings (SSSR count). The monoisotopic (exact) mass is 384 g/mol. The van der Waals surface area contributed by atoms with E-state index in [9.17, 15) is 9.59 Å². The number of amides is 1. The zero-order chi connectivity index (χ0) is 19.8. The molecule has 0 aliphatic heterocycles. The maximum Gasteiger partial charge on any atom is 0.420 e. The van der Waals surface area contributed by atoms with E-state index in [4.69, 9.17) is 4.42 Å². The number of imidazole rings is 1. The molecule has 3 heterocycles. The molecule has 29 heavy (non-hydrogen) atoms. The van der Waals surface area contributed by atoms with Gasteiger partial charge in [-0.1, -0.05) is 30.3 Å². The van der Waals surface area contributed by atoms with Crippen molar-refractivity contribution in [3.8, 4) is 11.3 Å². The van der Waals surface area contributed by atoms with Gasteiger partial charge >= 0.3 is 5.76 Å². The highest BCUT2D eigenvalue weighted by Crippen LogP contribution is 2.22. The Labute approximate surface area is 164 Å². The molecular weight excluding hydrogens is 368 g/mol. The first-order valence-corrected chi connectivity index (χ1v) is 9.10. The zero-order valence-corrected chi connectivity index (χ0v) is 15.3. The summed E-state index contributed by atoms with van der Waals surface area (Å²) in [6, 6.07) is 20.3. The number of benzene rings is 2. The second-order valence-corrected chi connectivity index (χ2v) is 6.64. The van der Waals surface area contributed by atoms with Gasteiger partial charge in [0.05, 0.1) is 11.2 Å². The van der Waals surface area contributed by atoms with Crippen LogP contribution in [0.4, 0.5) is 5.69 Å². The van der Waals surface area contributed by atoms with Crippen LogP contribution in [0.15, 0.2) is 88.3 Å². The number of oxazole rings is 1. The van der Waals surface area contributed by atoms with Crippen molar-refractivity contribution in [1.82, 2.24) is 14.0 Å². The van der Waals surface area contributed by atoms with Gasteiger partial charge < -0.3 is 14.1 Å². The van der Waals surface area contributed by atoms with Crippen LogP contribution in [0, 0.1) is 0 Å². The minimum atomic E-state index is -0.556. The summed E-state index contributed by atoms with van der Waals surface area (Å²) in [7, 11) is 0. The van der Waals surface area contributed by atoms with E-state index in [1.54, 1.807) is 30.3 Å². The second kappa shape index (κ2) is 6.79. The highest BCUT2D eigenvalue weighted by atomic mass is 16.4. The predicted molar refractivity (Wildman–Crippen MR) is 110 cm³/mol. The molecule has 0 bridgehead atoms. The van der Waals surface area contributed by atoms with Crippen molar-refractivity contribution in [2.45, 2.75) is 6.54 Å². The molecule has 3 aromatic heterocycles. The van der Waals surface area contributed by atoms with Crippen LogP contribution >= 0.6 is 0 Å². The highest BCUT2D eigenvalue weighted by Gasteiger charge is 2.13. The van der Waals surface area contributed by atoms with E-state index in [1.807, 2.05) is 53.2 Å². The summed E-state index contributed by atoms with van der Waals surface area (Å²) in [4.78, 5) is 29.2. The number of carbonyl (C=O) groups is 1. The number of pyridine rings is 1. The minimum absolute atomic E-state index is 0.131. The van der Waals surface area contributed by atoms with Crippen molar-refractivity contribution in [3.63, 3.8) is 0 Å². The third kappa shape index (κ3) is 3.19. The van der Waals surface area contributed by atoms with Crippen LogP contribution in [0.1, 0.15) is 0 Å². The lowest BCUT2D eigenvalue weighted by molar-refractivity contribution is -0.116. The fourth-order valence-corrected chi connectivity index (χ4v) is 3.34. The van der Waals surface area contributed by atoms with Crippen LogP contribution in [0.5, 0.6) is 0 Å². The summed E-state index contributed by atoms with van der Waals surface area (Å²) in [6.07, 6.45) is 3.87. The number of para-hydroxylation sites is 2. The summed E-state index contributed by atoms with van der Waals surface area (Å²) in [5.41, 5.74) is 4.22. The van der Waals surface area contributed by atoms with Crippen LogP contribution in [-0.2, 0) is 11.3 Å². The Morgan fingerprint density at radius 3 is 2.79 bits per heavy atom. The molecule has 7 nitrogen and oxygen atoms in total. The first-order chi connectivity index (χ1) is 14.2. The number of hydrogen-bond donors (Lipinski definition) is 1. The first-order valence-electron chi connectivity index (χ1n) is 9.10. The molecule has 1 N–H and O–H groups in total. The van der Waals surface area contributed by atoms with E-state index < -0.39 is 5.76 Å². The van der Waals surface area contributed by atoms with Crippen molar-refractivity contribution in [2.24, 2.45) is 0 Å². The van der Waals surface area contributed by atoms with Gasteiger partial charge in [-0.05, 0) is 36.4 Å². The number of fused-ring (bicyclic) bond motifs is 2. The van der Waals surface area contributed by atoms with Crippen molar-refractivity contribution < 1.29 is 9.21 Å². The molecule has 0 unspecified atom stereocenters. The number of anilines is 1. The van der Waals surface area contributed by atoms with Crippen LogP contribution < -0.4 is 11.1 Å². The third-order valence-corrected chi connectivity index (χ3v) is 4.68. The Bertz CT molecular complexity index is 1380. The number of aromatic nitrogens is 3. The van der Waals surface area contributed by atoms with Gasteiger partial charge in [-0.3, -0.25) is 9.36 Å². The Morgan fingerprint density at radius 1 is 1.03 bits per heavy atom. The topological polar surface area (TPSA) is 81.5 Å². The summed E-state index contributed by atoms with van der Waals surface area (Å²) in [6.45, 7) is -0.131. The van der Waals surface area contributed by atoms with Crippen molar-refractivity contribution in [3.05, 3.63) is 89.7 Å². The number of carbonyl (C=O) groups excluding carboxylic acids is 1. The highest BCUT2D eigenvalue weighted by molar-refractivity contribution is 5.92. The van der Waals surface area contributed by atoms with Crippen LogP contribution in [0.2, 0.25) is 0 Å². The lowest BCUT2D eigenvalue weighted by atomic mass is 10.1. The molecule has 142 valence electrons. The van der Waals surface area contributed by atoms with E-state index in [1.165, 1.54) is 4.57 Å². The largest absolute Gasteiger partial charge is 0.420 e. The minimum Gasteiger partial charge on any atom is -0.408 e. The normalized spacial score (nSPS) is 11.2. The predicted octanol–water partition coefficient (Wildman–Crippen LogP) is 3.55. The average Bonchev–Trinajstić information content (AvgIpc) is 3.29. The van der Waals surface area contributed by atoms with Gasteiger partial charge in [0.25, 0.3) is 0 Å². The maximum atomic E-state index is 12.5. The van der Waals surface area contributed by atoms with E-state index in [-0.39, 0.29) is 12.5 Å². The van der Waals surface area contributed by atoms with Crippen molar-refractivity contribution >= 4 is 28.3 Å². The van der Waals surface area contributed by atoms with Gasteiger partial charge in [0, 0.05) is 23.6 Å². The van der Waals surface area contributed by atoms with Crippen molar-refractivity contribution in [2.75, 3.05) is 5.32 Å². The molecule has 0 aliphatic carbocycles. The maximum absolute atomic E-state index is 12.5. The standard InChI is InChI=1S/C22H16N4O3/c27-21(14-26-18-8-1-2-9-19(18)29-22(26)28)23-16-7-5-6-15(12-16)17-13-25-11-4-3-10-20(25)24-17/h1-13H,14H2,(H,23,27). The molecule has 0 saturated carbocycles. The fourth-order valence-electron chi connectivity index (χ4n) is 3.34. The molecule has 0 aliphatic rings. The summed E-state index contributed by atoms with van der Waals surface area (Å²) < 4.78 is 8.43. The van der Waals surface area contributed by atoms with E-state index in [0.717, 1.165) is 16.9 Å². The number of nitrogens with zero attached hydrogens (tertiary/aromatic N) is 3. The Balaban J connectivity index is 1.39. The number of hydrogen-bond acceptors (Lipinski definition) is 4. The molecule has 0 spiro atoms. The zero-order valence-electron chi connectivity index (χ0n) is 15.3. The molecule has 0 fully saturated rings. The second-order valence-electron chi connectivity index (χ2n) is 6.64. The molecule has 0 saturated heterocycles. The molecule has 0 radical (unpaired) electrons. The van der Waals surface area contributed by atoms with E-state index in [2.05, 4.69) is 10.3 Å². The van der Waals surface area contributed by atoms with Gasteiger partial charge in [-0.15, -0.1) is 0 Å². The van der Waals surface area contributed by atoms with Gasteiger partial charge in [0.2, 0.25) is 5.91 Å². The molecule has 0 atom stereocenters. The number of rotatable bonds is 4. The third-order valence-electron chi connectivity index (χ3n) is 4.68.